The zero-order valence-corrected chi connectivity index (χ0v) is 40.3. The molecule has 2 fully saturated rings. The summed E-state index contributed by atoms with van der Waals surface area (Å²) in [5, 5.41) is 11.8. The minimum atomic E-state index is -3.13. The smallest absolute Gasteiger partial charge is 0.493 e. The maximum absolute atomic E-state index is 11.8. The summed E-state index contributed by atoms with van der Waals surface area (Å²) in [6.45, 7) is 19.7. The van der Waals surface area contributed by atoms with Crippen LogP contribution in [0.5, 0.6) is 5.75 Å². The zero-order chi connectivity index (χ0) is 44.0. The fraction of sp³-hybridized carbons (Fsp3) is 0.633. The number of hydrogen-bond donors (Lipinski definition) is 1. The molecule has 13 heteroatoms. The normalized spacial score (nSPS) is 34.5. The van der Waals surface area contributed by atoms with E-state index < -0.39 is 53.7 Å². The van der Waals surface area contributed by atoms with Gasteiger partial charge >= 0.3 is 8.80 Å². The molecule has 0 aliphatic carbocycles. The molecule has 5 aliphatic rings. The summed E-state index contributed by atoms with van der Waals surface area (Å²) in [6.07, 6.45) is 8.58. The van der Waals surface area contributed by atoms with Crippen molar-refractivity contribution in [2.24, 2.45) is 0 Å². The van der Waals surface area contributed by atoms with Gasteiger partial charge in [-0.2, -0.15) is 0 Å². The highest BCUT2D eigenvalue weighted by Crippen LogP contribution is 2.48. The lowest BCUT2D eigenvalue weighted by Gasteiger charge is -2.52. The molecule has 1 unspecified atom stereocenters. The molecule has 0 spiro atoms. The number of aliphatic hydroxyl groups is 1. The SMILES string of the molecule is COc1ccc(CO[C@H]2[C@H](OCc3ccccc3)[C@H]3OCC=CC[C@@H]3O[C@@H]2C[C@@H]2O[C@@H]3C/C=C\[C@@H]4O[Si](O[Si](C(C)C)(C(C)C)C(C)C)(C(C)C)OC[C@H]4O[C@H]3C=C[C@H]2O)cc1. The molecule has 7 rings (SSSR count). The van der Waals surface area contributed by atoms with E-state index in [0.29, 0.717) is 62.3 Å². The predicted molar refractivity (Wildman–Crippen MR) is 243 cm³/mol. The van der Waals surface area contributed by atoms with Crippen LogP contribution >= 0.6 is 0 Å². The topological polar surface area (TPSA) is 113 Å². The highest BCUT2D eigenvalue weighted by molar-refractivity contribution is 6.85. The van der Waals surface area contributed by atoms with Crippen LogP contribution in [-0.4, -0.2) is 110 Å². The second-order valence-electron chi connectivity index (χ2n) is 18.8. The summed E-state index contributed by atoms with van der Waals surface area (Å²) in [4.78, 5) is 0. The Balaban J connectivity index is 1.11. The number of aliphatic hydroxyl groups excluding tert-OH is 1. The van der Waals surface area contributed by atoms with Gasteiger partial charge in [-0.1, -0.05) is 134 Å². The Morgan fingerprint density at radius 1 is 0.694 bits per heavy atom. The third kappa shape index (κ3) is 10.6. The summed E-state index contributed by atoms with van der Waals surface area (Å²) in [5.74, 6) is 0.777. The van der Waals surface area contributed by atoms with E-state index in [-0.39, 0.29) is 36.1 Å². The van der Waals surface area contributed by atoms with E-state index in [4.69, 9.17) is 46.1 Å². The average Bonchev–Trinajstić information content (AvgIpc) is 3.57. The van der Waals surface area contributed by atoms with Crippen molar-refractivity contribution in [3.63, 3.8) is 0 Å². The van der Waals surface area contributed by atoms with Crippen molar-refractivity contribution in [3.8, 4) is 5.75 Å². The molecular weight excluding hydrogens is 821 g/mol. The van der Waals surface area contributed by atoms with E-state index in [1.165, 1.54) is 0 Å². The average molecular weight is 893 g/mol. The zero-order valence-electron chi connectivity index (χ0n) is 38.3. The maximum Gasteiger partial charge on any atom is 0.493 e. The van der Waals surface area contributed by atoms with Crippen molar-refractivity contribution in [1.29, 1.82) is 0 Å². The molecule has 2 saturated heterocycles. The largest absolute Gasteiger partial charge is 0.497 e. The molecule has 1 N–H and O–H groups in total. The number of methoxy groups -OCH3 is 1. The van der Waals surface area contributed by atoms with Gasteiger partial charge in [0.2, 0.25) is 0 Å². The van der Waals surface area contributed by atoms with E-state index in [2.05, 4.69) is 85.8 Å². The van der Waals surface area contributed by atoms with E-state index in [9.17, 15) is 5.11 Å². The Morgan fingerprint density at radius 2 is 1.35 bits per heavy atom. The molecule has 12 atom stereocenters. The molecule has 0 bridgehead atoms. The second kappa shape index (κ2) is 21.2. The Kier molecular flexibility index (Phi) is 16.2. The van der Waals surface area contributed by atoms with Crippen LogP contribution in [0.2, 0.25) is 22.2 Å². The van der Waals surface area contributed by atoms with Gasteiger partial charge in [0.1, 0.15) is 36.3 Å². The first kappa shape index (κ1) is 47.5. The number of hydrogen-bond acceptors (Lipinski definition) is 11. The minimum Gasteiger partial charge on any atom is -0.497 e. The Bertz CT molecular complexity index is 1770. The molecule has 11 nitrogen and oxygen atoms in total. The fourth-order valence-electron chi connectivity index (χ4n) is 10.2. The van der Waals surface area contributed by atoms with Gasteiger partial charge in [-0.15, -0.1) is 0 Å². The summed E-state index contributed by atoms with van der Waals surface area (Å²) >= 11 is 0. The molecule has 0 amide bonds. The van der Waals surface area contributed by atoms with E-state index >= 15 is 0 Å². The van der Waals surface area contributed by atoms with Gasteiger partial charge in [-0.05, 0) is 52.7 Å². The van der Waals surface area contributed by atoms with Crippen LogP contribution in [0.4, 0.5) is 0 Å². The van der Waals surface area contributed by atoms with Crippen LogP contribution in [-0.2, 0) is 54.6 Å². The van der Waals surface area contributed by atoms with Crippen molar-refractivity contribution < 1.29 is 51.2 Å². The molecule has 62 heavy (non-hydrogen) atoms. The lowest BCUT2D eigenvalue weighted by Crippen LogP contribution is -2.66. The lowest BCUT2D eigenvalue weighted by molar-refractivity contribution is -0.266. The van der Waals surface area contributed by atoms with Crippen LogP contribution in [0.25, 0.3) is 0 Å². The van der Waals surface area contributed by atoms with Crippen LogP contribution in [0.15, 0.2) is 91.1 Å². The van der Waals surface area contributed by atoms with E-state index in [1.807, 2.05) is 60.7 Å². The first-order valence-electron chi connectivity index (χ1n) is 23.0. The Labute approximate surface area is 372 Å². The quantitative estimate of drug-likeness (QED) is 0.137. The molecule has 0 saturated carbocycles. The van der Waals surface area contributed by atoms with Gasteiger partial charge in [-0.25, -0.2) is 0 Å². The van der Waals surface area contributed by atoms with Crippen LogP contribution in [0, 0.1) is 0 Å². The van der Waals surface area contributed by atoms with Crippen molar-refractivity contribution in [2.75, 3.05) is 20.3 Å². The van der Waals surface area contributed by atoms with Crippen LogP contribution in [0.1, 0.15) is 85.8 Å². The Morgan fingerprint density at radius 3 is 2.03 bits per heavy atom. The van der Waals surface area contributed by atoms with Crippen LogP contribution in [0.3, 0.4) is 0 Å². The molecule has 2 aromatic rings. The molecule has 0 radical (unpaired) electrons. The van der Waals surface area contributed by atoms with Crippen molar-refractivity contribution in [3.05, 3.63) is 102 Å². The molecule has 5 aliphatic heterocycles. The molecule has 5 heterocycles. The summed E-state index contributed by atoms with van der Waals surface area (Å²) in [5.41, 5.74) is 3.32. The number of fused-ring (bicyclic) bond motifs is 3. The monoisotopic (exact) mass is 892 g/mol. The third-order valence-corrected chi connectivity index (χ3v) is 24.0. The molecular formula is C49H72O11Si2. The summed E-state index contributed by atoms with van der Waals surface area (Å²) in [6, 6.07) is 18.0. The first-order valence-corrected chi connectivity index (χ1v) is 27.0. The maximum atomic E-state index is 11.8. The molecule has 342 valence electrons. The molecule has 2 aromatic carbocycles. The van der Waals surface area contributed by atoms with Gasteiger partial charge in [0.25, 0.3) is 0 Å². The fourth-order valence-corrected chi connectivity index (χ4v) is 22.1. The lowest BCUT2D eigenvalue weighted by atomic mass is 9.89. The predicted octanol–water partition coefficient (Wildman–Crippen LogP) is 9.02. The summed E-state index contributed by atoms with van der Waals surface area (Å²) in [7, 11) is -3.79. The number of rotatable bonds is 15. The van der Waals surface area contributed by atoms with E-state index in [0.717, 1.165) is 16.9 Å². The third-order valence-electron chi connectivity index (χ3n) is 13.5. The van der Waals surface area contributed by atoms with Gasteiger partial charge in [0, 0.05) is 12.0 Å². The van der Waals surface area contributed by atoms with Gasteiger partial charge < -0.3 is 51.2 Å². The van der Waals surface area contributed by atoms with Crippen molar-refractivity contribution in [2.45, 2.75) is 177 Å². The van der Waals surface area contributed by atoms with E-state index in [1.54, 1.807) is 7.11 Å². The van der Waals surface area contributed by atoms with Gasteiger partial charge in [0.15, 0.2) is 8.32 Å². The van der Waals surface area contributed by atoms with Crippen LogP contribution < -0.4 is 4.74 Å². The van der Waals surface area contributed by atoms with Gasteiger partial charge in [0.05, 0.1) is 70.2 Å². The summed E-state index contributed by atoms with van der Waals surface area (Å²) < 4.78 is 67.6. The number of ether oxygens (including phenoxy) is 7. The Hall–Kier alpha value is -2.51. The minimum absolute atomic E-state index is 0.0837. The van der Waals surface area contributed by atoms with Gasteiger partial charge in [-0.3, -0.25) is 0 Å². The highest BCUT2D eigenvalue weighted by Gasteiger charge is 2.60. The van der Waals surface area contributed by atoms with Crippen molar-refractivity contribution in [1.82, 2.24) is 0 Å². The first-order chi connectivity index (χ1) is 29.8. The standard InChI is InChI=1S/C49H72O11Si2/c1-32(2)61(33(3)4,34(5)6)60-62(35(7)8)55-31-46-42(59-62)20-15-19-40-41(57-46)26-25-39(50)44(56-40)28-45-48(53-30-37-21-23-38(51-9)24-22-37)49(54-29-36-16-11-10-12-17-36)47-43(58-45)18-13-14-27-52-47/h10-17,20-26,32-35,39-50H,18-19,27-31H2,1-9H3/b20-15-/t39-,40-,41+,42+,43+,44+,45-,46-,47+,48-,49-,62?/m1/s1. The second-order valence-corrected chi connectivity index (χ2v) is 27.7. The molecule has 0 aromatic heterocycles. The van der Waals surface area contributed by atoms with Crippen molar-refractivity contribution >= 4 is 17.1 Å². The number of benzene rings is 2. The highest BCUT2D eigenvalue weighted by atomic mass is 28.5.